The molecule has 2 aromatic carbocycles. The molecule has 1 atom stereocenters. The Labute approximate surface area is 204 Å². The second-order valence-corrected chi connectivity index (χ2v) is 10.3. The van der Waals surface area contributed by atoms with E-state index < -0.39 is 28.5 Å². The number of benzene rings is 2. The van der Waals surface area contributed by atoms with E-state index in [1.165, 1.54) is 17.9 Å². The second kappa shape index (κ2) is 11.0. The van der Waals surface area contributed by atoms with Crippen LogP contribution in [0.2, 0.25) is 5.02 Å². The Hall–Kier alpha value is -2.98. The number of hydrogen-bond acceptors (Lipinski definition) is 6. The molecule has 0 saturated carbocycles. The Bertz CT molecular complexity index is 1140. The number of sulfonamides is 1. The Kier molecular flexibility index (Phi) is 8.27. The Morgan fingerprint density at radius 1 is 1.09 bits per heavy atom. The van der Waals surface area contributed by atoms with Crippen LogP contribution >= 0.6 is 11.6 Å². The highest BCUT2D eigenvalue weighted by Gasteiger charge is 2.31. The molecule has 34 heavy (non-hydrogen) atoms. The van der Waals surface area contributed by atoms with Crippen molar-refractivity contribution in [2.75, 3.05) is 29.9 Å². The normalized spacial score (nSPS) is 13.3. The summed E-state index contributed by atoms with van der Waals surface area (Å²) in [5.41, 5.74) is 1.03. The van der Waals surface area contributed by atoms with Gasteiger partial charge in [0.05, 0.1) is 11.4 Å². The van der Waals surface area contributed by atoms with Gasteiger partial charge in [0.1, 0.15) is 12.6 Å². The van der Waals surface area contributed by atoms with Crippen LogP contribution in [0.25, 0.3) is 0 Å². The van der Waals surface area contributed by atoms with Crippen LogP contribution in [-0.2, 0) is 26.2 Å². The van der Waals surface area contributed by atoms with E-state index in [4.69, 9.17) is 21.1 Å². The highest BCUT2D eigenvalue weighted by Crippen LogP contribution is 2.36. The molecule has 1 unspecified atom stereocenters. The van der Waals surface area contributed by atoms with Gasteiger partial charge >= 0.3 is 0 Å². The first-order chi connectivity index (χ1) is 16.2. The summed E-state index contributed by atoms with van der Waals surface area (Å²) in [5, 5.41) is 3.26. The number of carbonyl (C=O) groups is 2. The molecule has 2 aromatic rings. The van der Waals surface area contributed by atoms with Gasteiger partial charge in [-0.1, -0.05) is 23.7 Å². The molecule has 1 N–H and O–H groups in total. The molecule has 0 saturated heterocycles. The third-order valence-corrected chi connectivity index (χ3v) is 7.40. The number of carbonyl (C=O) groups excluding carboxylic acids is 2. The van der Waals surface area contributed by atoms with Crippen molar-refractivity contribution in [3.8, 4) is 11.5 Å². The molecule has 0 radical (unpaired) electrons. The molecule has 9 nitrogen and oxygen atoms in total. The quantitative estimate of drug-likeness (QED) is 0.528. The predicted molar refractivity (Wildman–Crippen MR) is 130 cm³/mol. The fraction of sp³-hybridized carbons (Fsp3) is 0.391. The number of halogens is 1. The van der Waals surface area contributed by atoms with Gasteiger partial charge in [-0.15, -0.1) is 0 Å². The van der Waals surface area contributed by atoms with Gasteiger partial charge in [0.15, 0.2) is 11.5 Å². The molecular weight excluding hydrogens is 482 g/mol. The van der Waals surface area contributed by atoms with Crippen LogP contribution < -0.4 is 19.1 Å². The number of ether oxygens (including phenoxy) is 2. The number of likely N-dealkylation sites (N-methyl/N-ethyl adjacent to an activating group) is 1. The molecule has 0 aliphatic carbocycles. The van der Waals surface area contributed by atoms with Gasteiger partial charge in [0.2, 0.25) is 28.6 Å². The lowest BCUT2D eigenvalue weighted by molar-refractivity contribution is -0.139. The summed E-state index contributed by atoms with van der Waals surface area (Å²) >= 11 is 5.97. The van der Waals surface area contributed by atoms with Gasteiger partial charge in [-0.3, -0.25) is 13.9 Å². The summed E-state index contributed by atoms with van der Waals surface area (Å²) in [7, 11) is -3.82. The third-order valence-electron chi connectivity index (χ3n) is 5.41. The first-order valence-electron chi connectivity index (χ1n) is 10.9. The number of hydrogen-bond donors (Lipinski definition) is 1. The van der Waals surface area contributed by atoms with E-state index in [1.54, 1.807) is 50.2 Å². The van der Waals surface area contributed by atoms with E-state index in [-0.39, 0.29) is 30.7 Å². The molecule has 2 amide bonds. The van der Waals surface area contributed by atoms with Crippen LogP contribution in [0.5, 0.6) is 11.5 Å². The molecule has 0 bridgehead atoms. The zero-order valence-electron chi connectivity index (χ0n) is 19.3. The second-order valence-electron chi connectivity index (χ2n) is 7.66. The summed E-state index contributed by atoms with van der Waals surface area (Å²) in [6, 6.07) is 10.8. The fourth-order valence-corrected chi connectivity index (χ4v) is 4.63. The van der Waals surface area contributed by atoms with Crippen molar-refractivity contribution in [3.63, 3.8) is 0 Å². The number of nitrogens with one attached hydrogen (secondary N) is 1. The van der Waals surface area contributed by atoms with Crippen molar-refractivity contribution < 1.29 is 27.5 Å². The van der Waals surface area contributed by atoms with Crippen molar-refractivity contribution >= 4 is 39.1 Å². The maximum atomic E-state index is 13.5. The number of fused-ring (bicyclic) bond motifs is 1. The van der Waals surface area contributed by atoms with E-state index in [2.05, 4.69) is 5.32 Å². The summed E-state index contributed by atoms with van der Waals surface area (Å²) in [4.78, 5) is 27.4. The average molecular weight is 510 g/mol. The van der Waals surface area contributed by atoms with E-state index in [0.717, 1.165) is 9.87 Å². The molecule has 0 spiro atoms. The number of nitrogens with zero attached hydrogens (tertiary/aromatic N) is 2. The minimum Gasteiger partial charge on any atom is -0.454 e. The van der Waals surface area contributed by atoms with Crippen LogP contribution in [-0.4, -0.2) is 56.8 Å². The average Bonchev–Trinajstić information content (AvgIpc) is 3.29. The highest BCUT2D eigenvalue weighted by atomic mass is 35.5. The van der Waals surface area contributed by atoms with Gasteiger partial charge in [0, 0.05) is 24.2 Å². The highest BCUT2D eigenvalue weighted by molar-refractivity contribution is 7.92. The van der Waals surface area contributed by atoms with Crippen LogP contribution in [0, 0.1) is 0 Å². The Balaban J connectivity index is 1.93. The van der Waals surface area contributed by atoms with E-state index in [1.807, 2.05) is 0 Å². The van der Waals surface area contributed by atoms with Crippen molar-refractivity contribution in [1.82, 2.24) is 10.2 Å². The largest absolute Gasteiger partial charge is 0.454 e. The summed E-state index contributed by atoms with van der Waals surface area (Å²) in [6.45, 7) is 4.96. The van der Waals surface area contributed by atoms with Crippen LogP contribution in [0.15, 0.2) is 42.5 Å². The molecule has 3 rings (SSSR count). The van der Waals surface area contributed by atoms with E-state index >= 15 is 0 Å². The van der Waals surface area contributed by atoms with Crippen molar-refractivity contribution in [2.45, 2.75) is 33.4 Å². The van der Waals surface area contributed by atoms with Crippen molar-refractivity contribution in [2.24, 2.45) is 0 Å². The first kappa shape index (κ1) is 25.6. The van der Waals surface area contributed by atoms with Crippen LogP contribution in [0.3, 0.4) is 0 Å². The maximum Gasteiger partial charge on any atom is 0.244 e. The van der Waals surface area contributed by atoms with Gasteiger partial charge in [-0.05, 0) is 50.6 Å². The Morgan fingerprint density at radius 3 is 2.41 bits per heavy atom. The molecule has 0 fully saturated rings. The van der Waals surface area contributed by atoms with Crippen molar-refractivity contribution in [1.29, 1.82) is 0 Å². The standard InChI is InChI=1S/C23H28ClN3O6S/c1-4-25-23(29)16(3)26(13-17-6-8-18(24)9-7-17)22(28)14-27(34(30,31)5-2)19-10-11-20-21(12-19)33-15-32-20/h6-12,16H,4-5,13-15H2,1-3H3,(H,25,29). The zero-order valence-corrected chi connectivity index (χ0v) is 20.9. The predicted octanol–water partition coefficient (Wildman–Crippen LogP) is 2.78. The molecular formula is C23H28ClN3O6S. The lowest BCUT2D eigenvalue weighted by atomic mass is 10.1. The van der Waals surface area contributed by atoms with E-state index in [0.29, 0.717) is 23.1 Å². The zero-order chi connectivity index (χ0) is 24.9. The van der Waals surface area contributed by atoms with Gasteiger partial charge in [-0.25, -0.2) is 8.42 Å². The van der Waals surface area contributed by atoms with Gasteiger partial charge in [0.25, 0.3) is 0 Å². The topological polar surface area (TPSA) is 105 Å². The molecule has 1 aliphatic rings. The molecule has 184 valence electrons. The van der Waals surface area contributed by atoms with Crippen LogP contribution in [0.4, 0.5) is 5.69 Å². The first-order valence-corrected chi connectivity index (χ1v) is 12.9. The van der Waals surface area contributed by atoms with Crippen molar-refractivity contribution in [3.05, 3.63) is 53.1 Å². The number of rotatable bonds is 10. The third kappa shape index (κ3) is 5.92. The molecule has 1 heterocycles. The minimum atomic E-state index is -3.82. The lowest BCUT2D eigenvalue weighted by Gasteiger charge is -2.31. The maximum absolute atomic E-state index is 13.5. The molecule has 1 aliphatic heterocycles. The number of anilines is 1. The lowest BCUT2D eigenvalue weighted by Crippen LogP contribution is -2.51. The fourth-order valence-electron chi connectivity index (χ4n) is 3.45. The monoisotopic (exact) mass is 509 g/mol. The number of amides is 2. The summed E-state index contributed by atoms with van der Waals surface area (Å²) in [6.07, 6.45) is 0. The van der Waals surface area contributed by atoms with Gasteiger partial charge < -0.3 is 19.7 Å². The SMILES string of the molecule is CCNC(=O)C(C)N(Cc1ccc(Cl)cc1)C(=O)CN(c1ccc2c(c1)OCO2)S(=O)(=O)CC. The van der Waals surface area contributed by atoms with E-state index in [9.17, 15) is 18.0 Å². The van der Waals surface area contributed by atoms with Crippen LogP contribution in [0.1, 0.15) is 26.3 Å². The van der Waals surface area contributed by atoms with Gasteiger partial charge in [-0.2, -0.15) is 0 Å². The molecule has 11 heteroatoms. The smallest absolute Gasteiger partial charge is 0.244 e. The summed E-state index contributed by atoms with van der Waals surface area (Å²) < 4.78 is 37.6. The minimum absolute atomic E-state index is 0.0389. The Morgan fingerprint density at radius 2 is 1.76 bits per heavy atom. The summed E-state index contributed by atoms with van der Waals surface area (Å²) in [5.74, 6) is -0.174. The molecule has 0 aromatic heterocycles.